The molecule has 0 atom stereocenters. The lowest BCUT2D eigenvalue weighted by Crippen LogP contribution is -2.45. The lowest BCUT2D eigenvalue weighted by molar-refractivity contribution is -0.134. The first-order valence-electron chi connectivity index (χ1n) is 7.24. The minimum absolute atomic E-state index is 0.138. The van der Waals surface area contributed by atoms with Gasteiger partial charge in [-0.05, 0) is 32.0 Å². The van der Waals surface area contributed by atoms with Crippen LogP contribution in [0, 0.1) is 13.8 Å². The van der Waals surface area contributed by atoms with Gasteiger partial charge in [0.25, 0.3) is 0 Å². The molecular formula is C16H24N2O2. The van der Waals surface area contributed by atoms with Crippen molar-refractivity contribution < 1.29 is 9.53 Å². The first kappa shape index (κ1) is 15.0. The zero-order valence-electron chi connectivity index (χ0n) is 12.7. The molecule has 4 heteroatoms. The summed E-state index contributed by atoms with van der Waals surface area (Å²) in [6.45, 7) is 8.95. The van der Waals surface area contributed by atoms with Crippen LogP contribution in [0.2, 0.25) is 0 Å². The predicted molar refractivity (Wildman–Crippen MR) is 80.1 cm³/mol. The van der Waals surface area contributed by atoms with Crippen LogP contribution in [0.5, 0.6) is 5.75 Å². The summed E-state index contributed by atoms with van der Waals surface area (Å²) in [4.78, 5) is 16.6. The number of likely N-dealkylation sites (N-methyl/N-ethyl adjacent to an activating group) is 1. The van der Waals surface area contributed by atoms with Crippen molar-refractivity contribution in [3.63, 3.8) is 0 Å². The second-order valence-corrected chi connectivity index (χ2v) is 5.59. The molecule has 1 heterocycles. The third-order valence-electron chi connectivity index (χ3n) is 3.85. The largest absolute Gasteiger partial charge is 0.426 e. The summed E-state index contributed by atoms with van der Waals surface area (Å²) < 4.78 is 5.51. The van der Waals surface area contributed by atoms with Gasteiger partial charge >= 0.3 is 5.97 Å². The second kappa shape index (κ2) is 6.86. The Hall–Kier alpha value is -1.39. The highest BCUT2D eigenvalue weighted by molar-refractivity contribution is 5.73. The number of esters is 1. The molecule has 0 unspecified atom stereocenters. The molecule has 1 fully saturated rings. The van der Waals surface area contributed by atoms with E-state index in [4.69, 9.17) is 4.74 Å². The molecule has 1 saturated heterocycles. The van der Waals surface area contributed by atoms with Gasteiger partial charge < -0.3 is 14.5 Å². The summed E-state index contributed by atoms with van der Waals surface area (Å²) in [7, 11) is 2.13. The maximum Gasteiger partial charge on any atom is 0.312 e. The van der Waals surface area contributed by atoms with E-state index in [0.717, 1.165) is 49.6 Å². The van der Waals surface area contributed by atoms with Crippen molar-refractivity contribution in [3.8, 4) is 5.75 Å². The van der Waals surface area contributed by atoms with Gasteiger partial charge in [0.15, 0.2) is 0 Å². The van der Waals surface area contributed by atoms with Crippen molar-refractivity contribution in [2.24, 2.45) is 0 Å². The van der Waals surface area contributed by atoms with Crippen molar-refractivity contribution in [2.45, 2.75) is 20.3 Å². The Bertz CT molecular complexity index is 445. The van der Waals surface area contributed by atoms with Crippen LogP contribution in [0.4, 0.5) is 0 Å². The molecule has 2 rings (SSSR count). The average molecular weight is 276 g/mol. The number of para-hydroxylation sites is 1. The second-order valence-electron chi connectivity index (χ2n) is 5.59. The number of nitrogens with zero attached hydrogens (tertiary/aromatic N) is 2. The summed E-state index contributed by atoms with van der Waals surface area (Å²) >= 11 is 0. The van der Waals surface area contributed by atoms with E-state index in [9.17, 15) is 4.79 Å². The first-order chi connectivity index (χ1) is 9.56. The van der Waals surface area contributed by atoms with Gasteiger partial charge in [-0.15, -0.1) is 0 Å². The van der Waals surface area contributed by atoms with Crippen LogP contribution in [0.3, 0.4) is 0 Å². The molecule has 0 spiro atoms. The molecule has 4 nitrogen and oxygen atoms in total. The van der Waals surface area contributed by atoms with Gasteiger partial charge in [-0.2, -0.15) is 0 Å². The Kier molecular flexibility index (Phi) is 5.15. The molecule has 0 bridgehead atoms. The molecule has 0 aliphatic carbocycles. The first-order valence-corrected chi connectivity index (χ1v) is 7.24. The number of benzene rings is 1. The third kappa shape index (κ3) is 4.05. The van der Waals surface area contributed by atoms with E-state index in [1.165, 1.54) is 0 Å². The molecule has 1 aromatic carbocycles. The molecule has 1 aliphatic rings. The fraction of sp³-hybridized carbons (Fsp3) is 0.562. The highest BCUT2D eigenvalue weighted by Gasteiger charge is 2.16. The molecule has 0 N–H and O–H groups in total. The van der Waals surface area contributed by atoms with Crippen LogP contribution in [0.25, 0.3) is 0 Å². The topological polar surface area (TPSA) is 32.8 Å². The summed E-state index contributed by atoms with van der Waals surface area (Å²) in [5, 5.41) is 0. The van der Waals surface area contributed by atoms with Crippen LogP contribution >= 0.6 is 0 Å². The Morgan fingerprint density at radius 3 is 2.35 bits per heavy atom. The van der Waals surface area contributed by atoms with Crippen molar-refractivity contribution in [1.82, 2.24) is 9.80 Å². The monoisotopic (exact) mass is 276 g/mol. The normalized spacial score (nSPS) is 17.1. The van der Waals surface area contributed by atoms with E-state index in [2.05, 4.69) is 16.8 Å². The number of aryl methyl sites for hydroxylation is 2. The molecule has 0 aromatic heterocycles. The molecule has 20 heavy (non-hydrogen) atoms. The van der Waals surface area contributed by atoms with Gasteiger partial charge in [-0.3, -0.25) is 4.79 Å². The van der Waals surface area contributed by atoms with Gasteiger partial charge in [0, 0.05) is 32.7 Å². The van der Waals surface area contributed by atoms with E-state index in [1.54, 1.807) is 0 Å². The van der Waals surface area contributed by atoms with Crippen LogP contribution in [-0.4, -0.2) is 55.5 Å². The third-order valence-corrected chi connectivity index (χ3v) is 3.85. The van der Waals surface area contributed by atoms with Gasteiger partial charge in [0.2, 0.25) is 0 Å². The van der Waals surface area contributed by atoms with Crippen LogP contribution in [-0.2, 0) is 4.79 Å². The maximum atomic E-state index is 12.0. The van der Waals surface area contributed by atoms with E-state index >= 15 is 0 Å². The van der Waals surface area contributed by atoms with Gasteiger partial charge in [0.1, 0.15) is 5.75 Å². The number of ether oxygens (including phenoxy) is 1. The number of carbonyl (C=O) groups excluding carboxylic acids is 1. The highest BCUT2D eigenvalue weighted by atomic mass is 16.5. The minimum Gasteiger partial charge on any atom is -0.426 e. The fourth-order valence-electron chi connectivity index (χ4n) is 2.45. The molecule has 0 radical (unpaired) electrons. The molecule has 1 aromatic rings. The Balaban J connectivity index is 1.81. The quantitative estimate of drug-likeness (QED) is 0.620. The van der Waals surface area contributed by atoms with E-state index < -0.39 is 0 Å². The number of piperazine rings is 1. The predicted octanol–water partition coefficient (Wildman–Crippen LogP) is 1.85. The van der Waals surface area contributed by atoms with Gasteiger partial charge in [0.05, 0.1) is 6.42 Å². The smallest absolute Gasteiger partial charge is 0.312 e. The van der Waals surface area contributed by atoms with Crippen LogP contribution < -0.4 is 4.74 Å². The standard InChI is InChI=1S/C16H24N2O2/c1-13-5-4-6-14(2)16(13)20-15(19)7-8-18-11-9-17(3)10-12-18/h4-6H,7-12H2,1-3H3. The van der Waals surface area contributed by atoms with E-state index in [-0.39, 0.29) is 5.97 Å². The molecule has 0 amide bonds. The lowest BCUT2D eigenvalue weighted by atomic mass is 10.1. The summed E-state index contributed by atoms with van der Waals surface area (Å²) in [6, 6.07) is 5.92. The molecular weight excluding hydrogens is 252 g/mol. The maximum absolute atomic E-state index is 12.0. The van der Waals surface area contributed by atoms with Gasteiger partial charge in [-0.25, -0.2) is 0 Å². The van der Waals surface area contributed by atoms with Crippen molar-refractivity contribution in [3.05, 3.63) is 29.3 Å². The average Bonchev–Trinajstić information content (AvgIpc) is 2.42. The summed E-state index contributed by atoms with van der Waals surface area (Å²) in [5.41, 5.74) is 2.02. The highest BCUT2D eigenvalue weighted by Crippen LogP contribution is 2.22. The zero-order valence-corrected chi connectivity index (χ0v) is 12.7. The van der Waals surface area contributed by atoms with Crippen molar-refractivity contribution >= 4 is 5.97 Å². The minimum atomic E-state index is -0.138. The number of hydrogen-bond acceptors (Lipinski definition) is 4. The SMILES string of the molecule is Cc1cccc(C)c1OC(=O)CCN1CCN(C)CC1. The fourth-order valence-corrected chi connectivity index (χ4v) is 2.45. The molecule has 110 valence electrons. The Labute approximate surface area is 121 Å². The van der Waals surface area contributed by atoms with Crippen molar-refractivity contribution in [1.29, 1.82) is 0 Å². The van der Waals surface area contributed by atoms with Crippen molar-refractivity contribution in [2.75, 3.05) is 39.8 Å². The summed E-state index contributed by atoms with van der Waals surface area (Å²) in [6.07, 6.45) is 0.456. The van der Waals surface area contributed by atoms with Gasteiger partial charge in [-0.1, -0.05) is 18.2 Å². The summed E-state index contributed by atoms with van der Waals surface area (Å²) in [5.74, 6) is 0.581. The van der Waals surface area contributed by atoms with E-state index in [1.807, 2.05) is 32.0 Å². The number of rotatable bonds is 4. The Morgan fingerprint density at radius 1 is 1.15 bits per heavy atom. The molecule has 1 aliphatic heterocycles. The van der Waals surface area contributed by atoms with Crippen LogP contribution in [0.15, 0.2) is 18.2 Å². The number of carbonyl (C=O) groups is 1. The lowest BCUT2D eigenvalue weighted by Gasteiger charge is -2.32. The van der Waals surface area contributed by atoms with E-state index in [0.29, 0.717) is 6.42 Å². The Morgan fingerprint density at radius 2 is 1.75 bits per heavy atom. The van der Waals surface area contributed by atoms with Crippen LogP contribution in [0.1, 0.15) is 17.5 Å². The number of hydrogen-bond donors (Lipinski definition) is 0. The zero-order chi connectivity index (χ0) is 14.5. The molecule has 0 saturated carbocycles.